The quantitative estimate of drug-likeness (QED) is 0.822. The van der Waals surface area contributed by atoms with E-state index in [0.717, 1.165) is 0 Å². The SMILES string of the molecule is S=C(Nc1cnc(Br)cn1)NC1CCCCC1. The molecular weight excluding hydrogens is 300 g/mol. The summed E-state index contributed by atoms with van der Waals surface area (Å²) >= 11 is 8.49. The summed E-state index contributed by atoms with van der Waals surface area (Å²) in [6.07, 6.45) is 9.62. The van der Waals surface area contributed by atoms with Crippen molar-refractivity contribution < 1.29 is 0 Å². The van der Waals surface area contributed by atoms with E-state index in [1.54, 1.807) is 12.4 Å². The highest BCUT2D eigenvalue weighted by Crippen LogP contribution is 2.17. The third-order valence-electron chi connectivity index (χ3n) is 2.80. The van der Waals surface area contributed by atoms with Crippen LogP contribution in [0.1, 0.15) is 32.1 Å². The summed E-state index contributed by atoms with van der Waals surface area (Å²) in [5.74, 6) is 0.668. The zero-order chi connectivity index (χ0) is 12.1. The predicted molar refractivity (Wildman–Crippen MR) is 76.0 cm³/mol. The van der Waals surface area contributed by atoms with Crippen molar-refractivity contribution >= 4 is 39.1 Å². The zero-order valence-corrected chi connectivity index (χ0v) is 11.9. The smallest absolute Gasteiger partial charge is 0.172 e. The molecule has 2 rings (SSSR count). The van der Waals surface area contributed by atoms with Crippen molar-refractivity contribution in [2.45, 2.75) is 38.1 Å². The minimum Gasteiger partial charge on any atom is -0.360 e. The van der Waals surface area contributed by atoms with Crippen LogP contribution in [0.15, 0.2) is 17.0 Å². The van der Waals surface area contributed by atoms with Crippen molar-refractivity contribution in [3.8, 4) is 0 Å². The fourth-order valence-corrected chi connectivity index (χ4v) is 2.44. The van der Waals surface area contributed by atoms with Gasteiger partial charge in [-0.05, 0) is 41.0 Å². The van der Waals surface area contributed by atoms with Gasteiger partial charge in [-0.3, -0.25) is 0 Å². The Bertz CT molecular complexity index is 376. The number of hydrogen-bond acceptors (Lipinski definition) is 3. The van der Waals surface area contributed by atoms with Crippen LogP contribution in [-0.4, -0.2) is 21.1 Å². The van der Waals surface area contributed by atoms with E-state index in [1.165, 1.54) is 32.1 Å². The summed E-state index contributed by atoms with van der Waals surface area (Å²) in [5.41, 5.74) is 0. The molecule has 1 aliphatic carbocycles. The third-order valence-corrected chi connectivity index (χ3v) is 3.43. The van der Waals surface area contributed by atoms with E-state index >= 15 is 0 Å². The van der Waals surface area contributed by atoms with Gasteiger partial charge in [-0.1, -0.05) is 19.3 Å². The normalized spacial score (nSPS) is 16.5. The fourth-order valence-electron chi connectivity index (χ4n) is 1.96. The number of halogens is 1. The summed E-state index contributed by atoms with van der Waals surface area (Å²) < 4.78 is 0.717. The Labute approximate surface area is 115 Å². The van der Waals surface area contributed by atoms with Crippen LogP contribution in [0.2, 0.25) is 0 Å². The molecule has 6 heteroatoms. The number of rotatable bonds is 2. The van der Waals surface area contributed by atoms with Gasteiger partial charge in [0.05, 0.1) is 12.4 Å². The first kappa shape index (κ1) is 12.7. The molecule has 0 radical (unpaired) electrons. The average molecular weight is 315 g/mol. The Hall–Kier alpha value is -0.750. The van der Waals surface area contributed by atoms with Gasteiger partial charge in [-0.2, -0.15) is 0 Å². The lowest BCUT2D eigenvalue weighted by atomic mass is 9.96. The van der Waals surface area contributed by atoms with Crippen LogP contribution in [-0.2, 0) is 0 Å². The summed E-state index contributed by atoms with van der Waals surface area (Å²) in [4.78, 5) is 8.25. The number of hydrogen-bond donors (Lipinski definition) is 2. The molecule has 1 heterocycles. The molecule has 1 fully saturated rings. The van der Waals surface area contributed by atoms with Crippen LogP contribution in [0.4, 0.5) is 5.82 Å². The van der Waals surface area contributed by atoms with Crippen LogP contribution >= 0.6 is 28.1 Å². The van der Waals surface area contributed by atoms with Crippen LogP contribution in [0.3, 0.4) is 0 Å². The van der Waals surface area contributed by atoms with Crippen molar-refractivity contribution in [3.63, 3.8) is 0 Å². The topological polar surface area (TPSA) is 49.8 Å². The lowest BCUT2D eigenvalue weighted by Gasteiger charge is -2.24. The molecule has 17 heavy (non-hydrogen) atoms. The Kier molecular flexibility index (Phi) is 4.67. The van der Waals surface area contributed by atoms with Crippen LogP contribution in [0, 0.1) is 0 Å². The van der Waals surface area contributed by atoms with Gasteiger partial charge in [0.15, 0.2) is 10.9 Å². The number of thiocarbonyl (C=S) groups is 1. The minimum absolute atomic E-state index is 0.507. The summed E-state index contributed by atoms with van der Waals surface area (Å²) in [7, 11) is 0. The molecule has 1 aromatic heterocycles. The first-order valence-electron chi connectivity index (χ1n) is 5.79. The van der Waals surface area contributed by atoms with Crippen molar-refractivity contribution in [1.82, 2.24) is 15.3 Å². The Balaban J connectivity index is 1.82. The lowest BCUT2D eigenvalue weighted by molar-refractivity contribution is 0.415. The van der Waals surface area contributed by atoms with Gasteiger partial charge in [0.25, 0.3) is 0 Å². The molecule has 0 aliphatic heterocycles. The van der Waals surface area contributed by atoms with E-state index in [-0.39, 0.29) is 0 Å². The first-order chi connectivity index (χ1) is 8.24. The molecule has 0 bridgehead atoms. The van der Waals surface area contributed by atoms with E-state index in [9.17, 15) is 0 Å². The van der Waals surface area contributed by atoms with Crippen molar-refractivity contribution in [3.05, 3.63) is 17.0 Å². The second-order valence-corrected chi connectivity index (χ2v) is 5.38. The van der Waals surface area contributed by atoms with Gasteiger partial charge in [0, 0.05) is 6.04 Å². The predicted octanol–water partition coefficient (Wildman–Crippen LogP) is 2.86. The van der Waals surface area contributed by atoms with Gasteiger partial charge in [0.2, 0.25) is 0 Å². The molecule has 0 amide bonds. The highest BCUT2D eigenvalue weighted by molar-refractivity contribution is 9.10. The van der Waals surface area contributed by atoms with Gasteiger partial charge in [-0.15, -0.1) is 0 Å². The molecule has 0 saturated heterocycles. The van der Waals surface area contributed by atoms with Crippen LogP contribution < -0.4 is 10.6 Å². The molecule has 0 unspecified atom stereocenters. The van der Waals surface area contributed by atoms with Crippen molar-refractivity contribution in [2.75, 3.05) is 5.32 Å². The monoisotopic (exact) mass is 314 g/mol. The maximum Gasteiger partial charge on any atom is 0.172 e. The van der Waals surface area contributed by atoms with E-state index in [2.05, 4.69) is 36.5 Å². The van der Waals surface area contributed by atoms with Gasteiger partial charge in [0.1, 0.15) is 4.60 Å². The van der Waals surface area contributed by atoms with Crippen LogP contribution in [0.25, 0.3) is 0 Å². The van der Waals surface area contributed by atoms with Gasteiger partial charge >= 0.3 is 0 Å². The first-order valence-corrected chi connectivity index (χ1v) is 6.99. The Morgan fingerprint density at radius 2 is 2.00 bits per heavy atom. The second-order valence-electron chi connectivity index (χ2n) is 4.16. The van der Waals surface area contributed by atoms with E-state index in [1.807, 2.05) is 0 Å². The minimum atomic E-state index is 0.507. The molecule has 1 aromatic rings. The molecular formula is C11H15BrN4S. The third kappa shape index (κ3) is 4.20. The average Bonchev–Trinajstić information content (AvgIpc) is 2.33. The summed E-state index contributed by atoms with van der Waals surface area (Å²) in [5, 5.41) is 7.00. The van der Waals surface area contributed by atoms with Crippen molar-refractivity contribution in [1.29, 1.82) is 0 Å². The highest BCUT2D eigenvalue weighted by atomic mass is 79.9. The lowest BCUT2D eigenvalue weighted by Crippen LogP contribution is -2.39. The zero-order valence-electron chi connectivity index (χ0n) is 9.45. The Morgan fingerprint density at radius 1 is 1.24 bits per heavy atom. The molecule has 0 atom stereocenters. The maximum absolute atomic E-state index is 5.25. The highest BCUT2D eigenvalue weighted by Gasteiger charge is 2.13. The molecule has 0 aromatic carbocycles. The maximum atomic E-state index is 5.25. The largest absolute Gasteiger partial charge is 0.360 e. The van der Waals surface area contributed by atoms with Gasteiger partial charge < -0.3 is 10.6 Å². The number of nitrogens with zero attached hydrogens (tertiary/aromatic N) is 2. The standard InChI is InChI=1S/C11H15BrN4S/c12-9-6-14-10(7-13-9)16-11(17)15-8-4-2-1-3-5-8/h6-8H,1-5H2,(H2,14,15,16,17). The molecule has 92 valence electrons. The van der Waals surface area contributed by atoms with Crippen molar-refractivity contribution in [2.24, 2.45) is 0 Å². The Morgan fingerprint density at radius 3 is 2.65 bits per heavy atom. The molecule has 2 N–H and O–H groups in total. The van der Waals surface area contributed by atoms with Crippen LogP contribution in [0.5, 0.6) is 0 Å². The molecule has 4 nitrogen and oxygen atoms in total. The van der Waals surface area contributed by atoms with E-state index < -0.39 is 0 Å². The number of anilines is 1. The molecule has 1 aliphatic rings. The van der Waals surface area contributed by atoms with E-state index in [0.29, 0.717) is 21.6 Å². The molecule has 1 saturated carbocycles. The summed E-state index contributed by atoms with van der Waals surface area (Å²) in [6, 6.07) is 0.507. The van der Waals surface area contributed by atoms with Gasteiger partial charge in [-0.25, -0.2) is 9.97 Å². The van der Waals surface area contributed by atoms with E-state index in [4.69, 9.17) is 12.2 Å². The fraction of sp³-hybridized carbons (Fsp3) is 0.545. The second kappa shape index (κ2) is 6.26. The number of nitrogens with one attached hydrogen (secondary N) is 2. The summed E-state index contributed by atoms with van der Waals surface area (Å²) in [6.45, 7) is 0. The number of aromatic nitrogens is 2. The molecule has 0 spiro atoms.